The monoisotopic (exact) mass is 372 g/mol. The smallest absolute Gasteiger partial charge is 0.269 e. The van der Waals surface area contributed by atoms with Crippen LogP contribution in [-0.4, -0.2) is 20.4 Å². The third-order valence-electron chi connectivity index (χ3n) is 4.35. The lowest BCUT2D eigenvalue weighted by Crippen LogP contribution is -2.19. The van der Waals surface area contributed by atoms with Crippen LogP contribution in [0.4, 0.5) is 11.4 Å². The number of benzene rings is 3. The number of para-hydroxylation sites is 3. The van der Waals surface area contributed by atoms with Gasteiger partial charge in [0.15, 0.2) is 0 Å². The molecule has 1 amide bonds. The van der Waals surface area contributed by atoms with Crippen LogP contribution in [0.2, 0.25) is 0 Å². The van der Waals surface area contributed by atoms with Gasteiger partial charge in [0, 0.05) is 23.4 Å². The number of non-ortho nitro benzene ring substituents is 1. The lowest BCUT2D eigenvalue weighted by molar-refractivity contribution is -0.384. The number of anilines is 1. The molecule has 0 atom stereocenters. The van der Waals surface area contributed by atoms with Crippen LogP contribution in [0.25, 0.3) is 22.4 Å². The first-order chi connectivity index (χ1) is 13.6. The molecular formula is C21H16N4O3. The molecule has 28 heavy (non-hydrogen) atoms. The van der Waals surface area contributed by atoms with Gasteiger partial charge in [-0.1, -0.05) is 30.3 Å². The molecule has 7 nitrogen and oxygen atoms in total. The van der Waals surface area contributed by atoms with Crippen molar-refractivity contribution in [2.75, 3.05) is 5.32 Å². The van der Waals surface area contributed by atoms with Gasteiger partial charge in [0.25, 0.3) is 5.69 Å². The average Bonchev–Trinajstić information content (AvgIpc) is 3.07. The molecule has 7 heteroatoms. The largest absolute Gasteiger partial charge is 0.325 e. The van der Waals surface area contributed by atoms with Gasteiger partial charge in [-0.25, -0.2) is 4.98 Å². The zero-order valence-corrected chi connectivity index (χ0v) is 14.8. The Labute approximate surface area is 160 Å². The van der Waals surface area contributed by atoms with Crippen LogP contribution in [0.5, 0.6) is 0 Å². The molecule has 3 aromatic carbocycles. The first-order valence-electron chi connectivity index (χ1n) is 8.67. The zero-order chi connectivity index (χ0) is 19.5. The molecule has 0 fully saturated rings. The van der Waals surface area contributed by atoms with E-state index in [1.807, 2.05) is 59.2 Å². The third-order valence-corrected chi connectivity index (χ3v) is 4.35. The summed E-state index contributed by atoms with van der Waals surface area (Å²) in [7, 11) is 0. The third kappa shape index (κ3) is 3.45. The Hall–Kier alpha value is -4.00. The Balaban J connectivity index is 1.71. The van der Waals surface area contributed by atoms with Crippen LogP contribution in [0.3, 0.4) is 0 Å². The minimum Gasteiger partial charge on any atom is -0.325 e. The summed E-state index contributed by atoms with van der Waals surface area (Å²) >= 11 is 0. The lowest BCUT2D eigenvalue weighted by atomic mass is 10.2. The van der Waals surface area contributed by atoms with Crippen molar-refractivity contribution in [1.29, 1.82) is 0 Å². The second-order valence-electron chi connectivity index (χ2n) is 6.23. The molecule has 0 saturated heterocycles. The molecule has 0 spiro atoms. The van der Waals surface area contributed by atoms with Crippen molar-refractivity contribution < 1.29 is 9.72 Å². The standard InChI is InChI=1S/C21H16N4O3/c26-20(22-16-6-2-1-3-7-16)14-24-19-9-5-4-8-18(19)23-21(24)15-10-12-17(13-11-15)25(27)28/h1-13H,14H2,(H,22,26). The fraction of sp³-hybridized carbons (Fsp3) is 0.0476. The van der Waals surface area contributed by atoms with Crippen molar-refractivity contribution in [3.63, 3.8) is 0 Å². The number of aromatic nitrogens is 2. The number of amides is 1. The molecule has 1 heterocycles. The summed E-state index contributed by atoms with van der Waals surface area (Å²) in [5.74, 6) is 0.400. The van der Waals surface area contributed by atoms with Gasteiger partial charge >= 0.3 is 0 Å². The van der Waals surface area contributed by atoms with Crippen LogP contribution in [-0.2, 0) is 11.3 Å². The summed E-state index contributed by atoms with van der Waals surface area (Å²) in [5, 5.41) is 13.8. The second kappa shape index (κ2) is 7.32. The number of nitrogens with zero attached hydrogens (tertiary/aromatic N) is 3. The van der Waals surface area contributed by atoms with E-state index in [-0.39, 0.29) is 18.1 Å². The number of hydrogen-bond acceptors (Lipinski definition) is 4. The van der Waals surface area contributed by atoms with Crippen molar-refractivity contribution in [1.82, 2.24) is 9.55 Å². The highest BCUT2D eigenvalue weighted by molar-refractivity contribution is 5.92. The van der Waals surface area contributed by atoms with Crippen molar-refractivity contribution in [2.45, 2.75) is 6.54 Å². The van der Waals surface area contributed by atoms with E-state index in [2.05, 4.69) is 10.3 Å². The number of nitro groups is 1. The number of hydrogen-bond donors (Lipinski definition) is 1. The summed E-state index contributed by atoms with van der Waals surface area (Å²) in [6.07, 6.45) is 0. The van der Waals surface area contributed by atoms with E-state index >= 15 is 0 Å². The Kier molecular flexibility index (Phi) is 4.55. The van der Waals surface area contributed by atoms with E-state index in [0.717, 1.165) is 11.0 Å². The van der Waals surface area contributed by atoms with Gasteiger partial charge in [-0.3, -0.25) is 14.9 Å². The summed E-state index contributed by atoms with van der Waals surface area (Å²) in [6.45, 7) is 0.0712. The van der Waals surface area contributed by atoms with Gasteiger partial charge in [-0.15, -0.1) is 0 Å². The van der Waals surface area contributed by atoms with E-state index < -0.39 is 4.92 Å². The fourth-order valence-corrected chi connectivity index (χ4v) is 3.05. The molecule has 4 rings (SSSR count). The van der Waals surface area contributed by atoms with Gasteiger partial charge in [-0.05, 0) is 36.4 Å². The van der Waals surface area contributed by atoms with Gasteiger partial charge in [0.1, 0.15) is 12.4 Å². The van der Waals surface area contributed by atoms with Crippen molar-refractivity contribution in [2.24, 2.45) is 0 Å². The molecule has 1 N–H and O–H groups in total. The molecule has 0 aliphatic carbocycles. The average molecular weight is 372 g/mol. The summed E-state index contributed by atoms with van der Waals surface area (Å²) in [5.41, 5.74) is 3.00. The molecule has 0 aliphatic rings. The predicted octanol–water partition coefficient (Wildman–Crippen LogP) is 4.25. The van der Waals surface area contributed by atoms with Crippen molar-refractivity contribution in [3.05, 3.63) is 89.0 Å². The van der Waals surface area contributed by atoms with Crippen LogP contribution in [0, 0.1) is 10.1 Å². The van der Waals surface area contributed by atoms with Crippen molar-refractivity contribution in [3.8, 4) is 11.4 Å². The van der Waals surface area contributed by atoms with Gasteiger partial charge in [0.2, 0.25) is 5.91 Å². The molecular weight excluding hydrogens is 356 g/mol. The van der Waals surface area contributed by atoms with Gasteiger partial charge in [0.05, 0.1) is 16.0 Å². The normalized spacial score (nSPS) is 10.7. The molecule has 0 bridgehead atoms. The number of carbonyl (C=O) groups is 1. The van der Waals surface area contributed by atoms with Crippen LogP contribution in [0.1, 0.15) is 0 Å². The maximum Gasteiger partial charge on any atom is 0.269 e. The number of carbonyl (C=O) groups excluding carboxylic acids is 1. The molecule has 138 valence electrons. The van der Waals surface area contributed by atoms with E-state index in [9.17, 15) is 14.9 Å². The van der Waals surface area contributed by atoms with E-state index in [1.54, 1.807) is 12.1 Å². The van der Waals surface area contributed by atoms with E-state index in [0.29, 0.717) is 17.1 Å². The Morgan fingerprint density at radius 1 is 0.964 bits per heavy atom. The minimum absolute atomic E-state index is 0.00762. The molecule has 1 aromatic heterocycles. The quantitative estimate of drug-likeness (QED) is 0.419. The van der Waals surface area contributed by atoms with Crippen LogP contribution in [0.15, 0.2) is 78.9 Å². The second-order valence-corrected chi connectivity index (χ2v) is 6.23. The minimum atomic E-state index is -0.444. The number of nitro benzene ring substituents is 1. The van der Waals surface area contributed by atoms with Crippen LogP contribution >= 0.6 is 0 Å². The highest BCUT2D eigenvalue weighted by Gasteiger charge is 2.16. The fourth-order valence-electron chi connectivity index (χ4n) is 3.05. The molecule has 0 saturated carbocycles. The summed E-state index contributed by atoms with van der Waals surface area (Å²) in [4.78, 5) is 27.7. The van der Waals surface area contributed by atoms with Gasteiger partial charge in [-0.2, -0.15) is 0 Å². The Bertz CT molecular complexity index is 1150. The highest BCUT2D eigenvalue weighted by atomic mass is 16.6. The zero-order valence-electron chi connectivity index (χ0n) is 14.8. The van der Waals surface area contributed by atoms with E-state index in [1.165, 1.54) is 12.1 Å². The maximum absolute atomic E-state index is 12.6. The first kappa shape index (κ1) is 17.4. The molecule has 0 unspecified atom stereocenters. The van der Waals surface area contributed by atoms with Gasteiger partial charge < -0.3 is 9.88 Å². The predicted molar refractivity (Wildman–Crippen MR) is 107 cm³/mol. The molecule has 0 radical (unpaired) electrons. The number of nitrogens with one attached hydrogen (secondary N) is 1. The SMILES string of the molecule is O=C(Cn1c(-c2ccc([N+](=O)[O-])cc2)nc2ccccc21)Nc1ccccc1. The number of fused-ring (bicyclic) bond motifs is 1. The Morgan fingerprint density at radius 3 is 2.36 bits per heavy atom. The summed E-state index contributed by atoms with van der Waals surface area (Å²) < 4.78 is 1.81. The van der Waals surface area contributed by atoms with Crippen LogP contribution < -0.4 is 5.32 Å². The topological polar surface area (TPSA) is 90.1 Å². The molecule has 4 aromatic rings. The van der Waals surface area contributed by atoms with E-state index in [4.69, 9.17) is 0 Å². The first-order valence-corrected chi connectivity index (χ1v) is 8.67. The summed E-state index contributed by atoms with van der Waals surface area (Å²) in [6, 6.07) is 22.9. The van der Waals surface area contributed by atoms with Crippen molar-refractivity contribution >= 4 is 28.3 Å². The highest BCUT2D eigenvalue weighted by Crippen LogP contribution is 2.26. The number of imidazole rings is 1. The Morgan fingerprint density at radius 2 is 1.64 bits per heavy atom. The maximum atomic E-state index is 12.6. The lowest BCUT2D eigenvalue weighted by Gasteiger charge is -2.10. The number of rotatable bonds is 5. The molecule has 0 aliphatic heterocycles.